The van der Waals surface area contributed by atoms with Crippen LogP contribution < -0.4 is 5.32 Å². The van der Waals surface area contributed by atoms with Gasteiger partial charge in [-0.2, -0.15) is 0 Å². The number of halogens is 1. The van der Waals surface area contributed by atoms with Crippen molar-refractivity contribution in [2.45, 2.75) is 12.8 Å². The molecule has 0 heterocycles. The molecule has 0 fully saturated rings. The molecule has 2 aromatic rings. The molecule has 0 unspecified atom stereocenters. The van der Waals surface area contributed by atoms with Crippen LogP contribution in [0.4, 0.5) is 10.1 Å². The van der Waals surface area contributed by atoms with E-state index >= 15 is 0 Å². The summed E-state index contributed by atoms with van der Waals surface area (Å²) in [6, 6.07) is 15.4. The van der Waals surface area contributed by atoms with Crippen LogP contribution in [0.15, 0.2) is 54.6 Å². The van der Waals surface area contributed by atoms with E-state index < -0.39 is 0 Å². The van der Waals surface area contributed by atoms with Crippen molar-refractivity contribution in [3.63, 3.8) is 0 Å². The molecule has 0 aliphatic carbocycles. The molecule has 0 aliphatic heterocycles. The van der Waals surface area contributed by atoms with E-state index in [0.717, 1.165) is 5.56 Å². The van der Waals surface area contributed by atoms with Gasteiger partial charge < -0.3 is 5.32 Å². The summed E-state index contributed by atoms with van der Waals surface area (Å²) in [5.41, 5.74) is 1.41. The van der Waals surface area contributed by atoms with Gasteiger partial charge in [0.2, 0.25) is 5.91 Å². The monoisotopic (exact) mass is 243 g/mol. The van der Waals surface area contributed by atoms with Gasteiger partial charge in [0.25, 0.3) is 0 Å². The number of rotatable bonds is 3. The first-order chi connectivity index (χ1) is 8.66. The van der Waals surface area contributed by atoms with E-state index in [1.54, 1.807) is 12.1 Å². The molecule has 1 amide bonds. The predicted octanol–water partition coefficient (Wildman–Crippen LogP) is 3.57. The average Bonchev–Trinajstić information content (AvgIpc) is 2.39. The van der Waals surface area contributed by atoms with Crippen LogP contribution in [0.5, 0.6) is 0 Å². The lowest BCUT2D eigenvalue weighted by atomic mass is 10.0. The van der Waals surface area contributed by atoms with Gasteiger partial charge in [0.15, 0.2) is 0 Å². The van der Waals surface area contributed by atoms with Crippen molar-refractivity contribution in [1.82, 2.24) is 0 Å². The Morgan fingerprint density at radius 3 is 2.50 bits per heavy atom. The van der Waals surface area contributed by atoms with E-state index in [1.165, 1.54) is 12.1 Å². The zero-order chi connectivity index (χ0) is 13.0. The van der Waals surface area contributed by atoms with E-state index in [4.69, 9.17) is 0 Å². The molecule has 0 saturated carbocycles. The maximum Gasteiger partial charge on any atom is 0.231 e. The van der Waals surface area contributed by atoms with Gasteiger partial charge in [0, 0.05) is 5.69 Å². The Hall–Kier alpha value is -2.16. The fourth-order valence-electron chi connectivity index (χ4n) is 1.71. The molecule has 0 bridgehead atoms. The van der Waals surface area contributed by atoms with Crippen molar-refractivity contribution >= 4 is 11.6 Å². The van der Waals surface area contributed by atoms with E-state index in [-0.39, 0.29) is 17.6 Å². The van der Waals surface area contributed by atoms with Gasteiger partial charge in [0.1, 0.15) is 5.82 Å². The SMILES string of the molecule is C[C@H](C(=O)Nc1cccc(F)c1)c1ccccc1. The lowest BCUT2D eigenvalue weighted by Gasteiger charge is -2.12. The minimum absolute atomic E-state index is 0.146. The first-order valence-electron chi connectivity index (χ1n) is 5.78. The molecule has 0 aliphatic rings. The van der Waals surface area contributed by atoms with Gasteiger partial charge in [-0.3, -0.25) is 4.79 Å². The van der Waals surface area contributed by atoms with Crippen LogP contribution in [0.25, 0.3) is 0 Å². The van der Waals surface area contributed by atoms with Crippen LogP contribution in [0.3, 0.4) is 0 Å². The van der Waals surface area contributed by atoms with Crippen LogP contribution >= 0.6 is 0 Å². The third-order valence-corrected chi connectivity index (χ3v) is 2.79. The Kier molecular flexibility index (Phi) is 3.72. The highest BCUT2D eigenvalue weighted by atomic mass is 19.1. The smallest absolute Gasteiger partial charge is 0.231 e. The largest absolute Gasteiger partial charge is 0.325 e. The van der Waals surface area contributed by atoms with Crippen molar-refractivity contribution in [3.05, 3.63) is 66.0 Å². The van der Waals surface area contributed by atoms with Gasteiger partial charge in [0.05, 0.1) is 5.92 Å². The summed E-state index contributed by atoms with van der Waals surface area (Å²) in [5.74, 6) is -0.776. The topological polar surface area (TPSA) is 29.1 Å². The van der Waals surface area contributed by atoms with Crippen molar-refractivity contribution in [3.8, 4) is 0 Å². The van der Waals surface area contributed by atoms with E-state index in [9.17, 15) is 9.18 Å². The van der Waals surface area contributed by atoms with Crippen LogP contribution in [0, 0.1) is 5.82 Å². The third kappa shape index (κ3) is 2.94. The standard InChI is InChI=1S/C15H14FNO/c1-11(12-6-3-2-4-7-12)15(18)17-14-9-5-8-13(16)10-14/h2-11H,1H3,(H,17,18)/t11-/m0/s1. The zero-order valence-electron chi connectivity index (χ0n) is 10.1. The first-order valence-corrected chi connectivity index (χ1v) is 5.78. The number of hydrogen-bond acceptors (Lipinski definition) is 1. The molecule has 3 heteroatoms. The summed E-state index contributed by atoms with van der Waals surface area (Å²) in [6.07, 6.45) is 0. The number of hydrogen-bond donors (Lipinski definition) is 1. The number of carbonyl (C=O) groups is 1. The van der Waals surface area contributed by atoms with Gasteiger partial charge in [-0.25, -0.2) is 4.39 Å². The minimum Gasteiger partial charge on any atom is -0.325 e. The Bertz CT molecular complexity index is 539. The number of amides is 1. The highest BCUT2D eigenvalue weighted by Gasteiger charge is 2.14. The molecule has 2 aromatic carbocycles. The number of anilines is 1. The fraction of sp³-hybridized carbons (Fsp3) is 0.133. The lowest BCUT2D eigenvalue weighted by molar-refractivity contribution is -0.117. The Morgan fingerprint density at radius 1 is 1.11 bits per heavy atom. The molecular formula is C15H14FNO. The van der Waals surface area contributed by atoms with Crippen LogP contribution in [-0.4, -0.2) is 5.91 Å². The number of benzene rings is 2. The van der Waals surface area contributed by atoms with Gasteiger partial charge in [-0.05, 0) is 30.7 Å². The minimum atomic E-state index is -0.361. The summed E-state index contributed by atoms with van der Waals surface area (Å²) in [4.78, 5) is 12.0. The lowest BCUT2D eigenvalue weighted by Crippen LogP contribution is -2.18. The quantitative estimate of drug-likeness (QED) is 0.877. The van der Waals surface area contributed by atoms with Crippen LogP contribution in [0.1, 0.15) is 18.4 Å². The van der Waals surface area contributed by atoms with Crippen LogP contribution in [-0.2, 0) is 4.79 Å². The molecule has 2 rings (SSSR count). The molecule has 2 nitrogen and oxygen atoms in total. The third-order valence-electron chi connectivity index (χ3n) is 2.79. The molecule has 0 radical (unpaired) electrons. The fourth-order valence-corrected chi connectivity index (χ4v) is 1.71. The Morgan fingerprint density at radius 2 is 1.83 bits per heavy atom. The molecule has 0 aromatic heterocycles. The van der Waals surface area contributed by atoms with Gasteiger partial charge >= 0.3 is 0 Å². The van der Waals surface area contributed by atoms with Gasteiger partial charge in [-0.1, -0.05) is 36.4 Å². The first kappa shape index (κ1) is 12.3. The molecular weight excluding hydrogens is 229 g/mol. The van der Waals surface area contributed by atoms with E-state index in [0.29, 0.717) is 5.69 Å². The molecule has 0 saturated heterocycles. The summed E-state index contributed by atoms with van der Waals surface area (Å²) in [6.45, 7) is 1.82. The maximum absolute atomic E-state index is 13.0. The van der Waals surface area contributed by atoms with Crippen molar-refractivity contribution < 1.29 is 9.18 Å². The van der Waals surface area contributed by atoms with Crippen molar-refractivity contribution in [2.24, 2.45) is 0 Å². The molecule has 1 atom stereocenters. The summed E-state index contributed by atoms with van der Waals surface area (Å²) in [5, 5.41) is 2.70. The second-order valence-electron chi connectivity index (χ2n) is 4.13. The molecule has 92 valence electrons. The molecule has 18 heavy (non-hydrogen) atoms. The van der Waals surface area contributed by atoms with Crippen molar-refractivity contribution in [2.75, 3.05) is 5.32 Å². The second-order valence-corrected chi connectivity index (χ2v) is 4.13. The number of nitrogens with one attached hydrogen (secondary N) is 1. The molecule has 1 N–H and O–H groups in total. The summed E-state index contributed by atoms with van der Waals surface area (Å²) >= 11 is 0. The highest BCUT2D eigenvalue weighted by Crippen LogP contribution is 2.17. The summed E-state index contributed by atoms with van der Waals surface area (Å²) in [7, 11) is 0. The van der Waals surface area contributed by atoms with Crippen LogP contribution in [0.2, 0.25) is 0 Å². The van der Waals surface area contributed by atoms with Crippen molar-refractivity contribution in [1.29, 1.82) is 0 Å². The Balaban J connectivity index is 2.09. The number of carbonyl (C=O) groups excluding carboxylic acids is 1. The van der Waals surface area contributed by atoms with E-state index in [1.807, 2.05) is 37.3 Å². The predicted molar refractivity (Wildman–Crippen MR) is 69.9 cm³/mol. The van der Waals surface area contributed by atoms with E-state index in [2.05, 4.69) is 5.32 Å². The maximum atomic E-state index is 13.0. The molecule has 0 spiro atoms. The second kappa shape index (κ2) is 5.45. The average molecular weight is 243 g/mol. The summed E-state index contributed by atoms with van der Waals surface area (Å²) < 4.78 is 13.0. The normalized spacial score (nSPS) is 11.9. The highest BCUT2D eigenvalue weighted by molar-refractivity contribution is 5.95. The zero-order valence-corrected chi connectivity index (χ0v) is 10.1. The Labute approximate surface area is 105 Å². The van der Waals surface area contributed by atoms with Gasteiger partial charge in [-0.15, -0.1) is 0 Å².